The fourth-order valence-electron chi connectivity index (χ4n) is 3.74. The predicted molar refractivity (Wildman–Crippen MR) is 124 cm³/mol. The highest BCUT2D eigenvalue weighted by atomic mass is 19.4. The van der Waals surface area contributed by atoms with Crippen LogP contribution >= 0.6 is 0 Å². The fraction of sp³-hybridized carbons (Fsp3) is 0.292. The monoisotopic (exact) mass is 487 g/mol. The van der Waals surface area contributed by atoms with Gasteiger partial charge in [0, 0.05) is 36.4 Å². The number of nitrogens with zero attached hydrogens (tertiary/aromatic N) is 3. The first-order chi connectivity index (χ1) is 16.8. The molecule has 1 saturated heterocycles. The van der Waals surface area contributed by atoms with Gasteiger partial charge in [0.15, 0.2) is 0 Å². The lowest BCUT2D eigenvalue weighted by Crippen LogP contribution is -2.33. The molecule has 2 aliphatic rings. The molecular weight excluding hydrogens is 463 g/mol. The molecule has 3 N–H and O–H groups in total. The molecule has 0 bridgehead atoms. The maximum Gasteiger partial charge on any atom is 0.416 e. The summed E-state index contributed by atoms with van der Waals surface area (Å²) in [7, 11) is 0. The smallest absolute Gasteiger partial charge is 0.416 e. The van der Waals surface area contributed by atoms with Gasteiger partial charge in [0.1, 0.15) is 17.9 Å². The number of morpholine rings is 1. The first kappa shape index (κ1) is 24.4. The molecule has 1 aromatic heterocycles. The van der Waals surface area contributed by atoms with Crippen molar-refractivity contribution >= 4 is 17.5 Å². The summed E-state index contributed by atoms with van der Waals surface area (Å²) in [6, 6.07) is 10.4. The quantitative estimate of drug-likeness (QED) is 0.504. The van der Waals surface area contributed by atoms with Crippen LogP contribution in [-0.2, 0) is 17.3 Å². The van der Waals surface area contributed by atoms with Crippen molar-refractivity contribution in [2.45, 2.75) is 12.6 Å². The van der Waals surface area contributed by atoms with Crippen LogP contribution in [0.4, 0.5) is 29.5 Å². The average molecular weight is 487 g/mol. The lowest BCUT2D eigenvalue weighted by molar-refractivity contribution is -0.137. The van der Waals surface area contributed by atoms with Crippen LogP contribution < -0.4 is 15.5 Å². The molecular formula is C24H24F3N5O3. The predicted octanol–water partition coefficient (Wildman–Crippen LogP) is 4.07. The van der Waals surface area contributed by atoms with Gasteiger partial charge in [-0.25, -0.2) is 14.8 Å². The number of alkyl halides is 3. The highest BCUT2D eigenvalue weighted by Gasteiger charge is 2.31. The number of fused-ring (bicyclic) bond motifs is 1. The van der Waals surface area contributed by atoms with Crippen molar-refractivity contribution in [3.05, 3.63) is 66.0 Å². The minimum Gasteiger partial charge on any atom is -0.508 e. The van der Waals surface area contributed by atoms with Crippen LogP contribution in [0.3, 0.4) is 0 Å². The molecule has 2 aliphatic heterocycles. The lowest BCUT2D eigenvalue weighted by atomic mass is 10.1. The average Bonchev–Trinajstić information content (AvgIpc) is 3.30. The fourth-order valence-corrected chi connectivity index (χ4v) is 3.74. The van der Waals surface area contributed by atoms with Crippen LogP contribution in [0.5, 0.6) is 5.75 Å². The van der Waals surface area contributed by atoms with E-state index in [1.54, 1.807) is 24.3 Å². The summed E-state index contributed by atoms with van der Waals surface area (Å²) >= 11 is 0. The van der Waals surface area contributed by atoms with Crippen molar-refractivity contribution in [3.63, 3.8) is 0 Å². The molecule has 3 heterocycles. The minimum absolute atomic E-state index is 0.102. The molecule has 8 nitrogen and oxygen atoms in total. The summed E-state index contributed by atoms with van der Waals surface area (Å²) in [5, 5.41) is 15.5. The molecule has 0 unspecified atom stereocenters. The number of hydrogen-bond donors (Lipinski definition) is 3. The van der Waals surface area contributed by atoms with Crippen LogP contribution in [0.15, 0.2) is 54.9 Å². The molecule has 184 valence electrons. The molecule has 2 amide bonds. The van der Waals surface area contributed by atoms with Crippen molar-refractivity contribution in [2.24, 2.45) is 0 Å². The number of aromatic nitrogens is 2. The molecule has 3 aromatic rings. The zero-order valence-electron chi connectivity index (χ0n) is 18.7. The number of nitrogens with one attached hydrogen (secondary N) is 2. The van der Waals surface area contributed by atoms with Gasteiger partial charge in [0.25, 0.3) is 0 Å². The Hall–Kier alpha value is -3.70. The summed E-state index contributed by atoms with van der Waals surface area (Å²) in [4.78, 5) is 22.6. The molecule has 2 aromatic carbocycles. The third-order valence-electron chi connectivity index (χ3n) is 5.44. The SMILES string of the molecule is C1COCCN1.O=C(Nc1ccc(C(F)(F)F)cc1)N1CCc2c(-c3cccc(O)c3)ncnc21. The minimum atomic E-state index is -4.43. The number of urea groups is 1. The van der Waals surface area contributed by atoms with Crippen LogP contribution in [-0.4, -0.2) is 54.0 Å². The van der Waals surface area contributed by atoms with Crippen LogP contribution in [0, 0.1) is 0 Å². The number of benzene rings is 2. The van der Waals surface area contributed by atoms with Crippen molar-refractivity contribution in [1.29, 1.82) is 0 Å². The highest BCUT2D eigenvalue weighted by molar-refractivity contribution is 6.03. The molecule has 1 fully saturated rings. The van der Waals surface area contributed by atoms with E-state index in [0.29, 0.717) is 30.0 Å². The van der Waals surface area contributed by atoms with E-state index in [1.807, 2.05) is 0 Å². The van der Waals surface area contributed by atoms with Gasteiger partial charge in [-0.1, -0.05) is 12.1 Å². The molecule has 0 saturated carbocycles. The van der Waals surface area contributed by atoms with Crippen LogP contribution in [0.1, 0.15) is 11.1 Å². The molecule has 0 atom stereocenters. The first-order valence-corrected chi connectivity index (χ1v) is 11.0. The van der Waals surface area contributed by atoms with E-state index in [-0.39, 0.29) is 11.4 Å². The number of amides is 2. The maximum absolute atomic E-state index is 12.7. The van der Waals surface area contributed by atoms with E-state index < -0.39 is 17.8 Å². The molecule has 0 radical (unpaired) electrons. The summed E-state index contributed by atoms with van der Waals surface area (Å²) < 4.78 is 43.0. The Morgan fingerprint density at radius 1 is 1.09 bits per heavy atom. The summed E-state index contributed by atoms with van der Waals surface area (Å²) in [6.45, 7) is 4.19. The molecule has 35 heavy (non-hydrogen) atoms. The second-order valence-electron chi connectivity index (χ2n) is 7.84. The Morgan fingerprint density at radius 2 is 1.83 bits per heavy atom. The Morgan fingerprint density at radius 3 is 2.43 bits per heavy atom. The third kappa shape index (κ3) is 6.06. The second-order valence-corrected chi connectivity index (χ2v) is 7.84. The van der Waals surface area contributed by atoms with Crippen molar-refractivity contribution in [3.8, 4) is 17.0 Å². The number of hydrogen-bond acceptors (Lipinski definition) is 6. The second kappa shape index (κ2) is 10.7. The Labute approximate surface area is 199 Å². The number of carbonyl (C=O) groups excluding carboxylic acids is 1. The zero-order valence-corrected chi connectivity index (χ0v) is 18.7. The number of halogens is 3. The van der Waals surface area contributed by atoms with Gasteiger partial charge in [-0.3, -0.25) is 4.90 Å². The van der Waals surface area contributed by atoms with E-state index in [2.05, 4.69) is 20.6 Å². The zero-order chi connectivity index (χ0) is 24.8. The summed E-state index contributed by atoms with van der Waals surface area (Å²) in [6.07, 6.45) is -2.58. The molecule has 0 spiro atoms. The van der Waals surface area contributed by atoms with Gasteiger partial charge in [-0.05, 0) is 42.8 Å². The highest BCUT2D eigenvalue weighted by Crippen LogP contribution is 2.34. The Kier molecular flexibility index (Phi) is 7.47. The van der Waals surface area contributed by atoms with E-state index in [4.69, 9.17) is 4.74 Å². The maximum atomic E-state index is 12.7. The Balaban J connectivity index is 0.000000421. The molecule has 5 rings (SSSR count). The largest absolute Gasteiger partial charge is 0.508 e. The van der Waals surface area contributed by atoms with Gasteiger partial charge in [-0.15, -0.1) is 0 Å². The number of phenols is 1. The third-order valence-corrected chi connectivity index (χ3v) is 5.44. The number of anilines is 2. The normalized spacial score (nSPS) is 15.1. The van der Waals surface area contributed by atoms with Crippen molar-refractivity contribution < 1.29 is 27.8 Å². The topological polar surface area (TPSA) is 99.6 Å². The molecule has 0 aliphatic carbocycles. The summed E-state index contributed by atoms with van der Waals surface area (Å²) in [5.74, 6) is 0.535. The summed E-state index contributed by atoms with van der Waals surface area (Å²) in [5.41, 5.74) is 1.55. The lowest BCUT2D eigenvalue weighted by Gasteiger charge is -2.17. The number of ether oxygens (including phenoxy) is 1. The van der Waals surface area contributed by atoms with Gasteiger partial charge in [-0.2, -0.15) is 13.2 Å². The van der Waals surface area contributed by atoms with E-state index in [9.17, 15) is 23.1 Å². The van der Waals surface area contributed by atoms with Gasteiger partial charge < -0.3 is 20.5 Å². The number of aromatic hydroxyl groups is 1. The van der Waals surface area contributed by atoms with Crippen molar-refractivity contribution in [2.75, 3.05) is 43.1 Å². The van der Waals surface area contributed by atoms with Gasteiger partial charge in [0.05, 0.1) is 24.5 Å². The van der Waals surface area contributed by atoms with Crippen LogP contribution in [0.2, 0.25) is 0 Å². The standard InChI is InChI=1S/C20H15F3N4O2.C4H9NO/c21-20(22,23)13-4-6-14(7-5-13)26-19(29)27-9-8-16-17(24-11-25-18(16)27)12-2-1-3-15(28)10-12;1-3-6-4-2-5-1/h1-7,10-11,28H,8-9H2,(H,26,29);5H,1-4H2. The number of rotatable bonds is 2. The van der Waals surface area contributed by atoms with E-state index in [1.165, 1.54) is 23.4 Å². The van der Waals surface area contributed by atoms with E-state index in [0.717, 1.165) is 44.0 Å². The van der Waals surface area contributed by atoms with Crippen LogP contribution in [0.25, 0.3) is 11.3 Å². The number of phenolic OH excluding ortho intramolecular Hbond substituents is 1. The Bertz CT molecular complexity index is 1160. The first-order valence-electron chi connectivity index (χ1n) is 11.0. The van der Waals surface area contributed by atoms with Gasteiger partial charge >= 0.3 is 12.2 Å². The van der Waals surface area contributed by atoms with Gasteiger partial charge in [0.2, 0.25) is 0 Å². The van der Waals surface area contributed by atoms with E-state index >= 15 is 0 Å². The number of carbonyl (C=O) groups is 1. The van der Waals surface area contributed by atoms with Crippen molar-refractivity contribution in [1.82, 2.24) is 15.3 Å². The molecule has 11 heteroatoms.